The van der Waals surface area contributed by atoms with Crippen LogP contribution in [0.4, 0.5) is 5.69 Å². The molecule has 0 bridgehead atoms. The van der Waals surface area contributed by atoms with E-state index in [-0.39, 0.29) is 0 Å². The summed E-state index contributed by atoms with van der Waals surface area (Å²) in [5.74, 6) is 0. The van der Waals surface area contributed by atoms with Crippen molar-refractivity contribution in [3.63, 3.8) is 0 Å². The molecular formula is C115H77N5Si. The van der Waals surface area contributed by atoms with Gasteiger partial charge in [-0.05, 0) is 221 Å². The van der Waals surface area contributed by atoms with E-state index in [2.05, 4.69) is 472 Å². The first kappa shape index (κ1) is 71.6. The van der Waals surface area contributed by atoms with Crippen molar-refractivity contribution in [1.82, 2.24) is 18.3 Å². The van der Waals surface area contributed by atoms with Crippen LogP contribution in [0.2, 0.25) is 0 Å². The lowest BCUT2D eigenvalue weighted by Gasteiger charge is -2.34. The van der Waals surface area contributed by atoms with E-state index in [0.717, 1.165) is 33.8 Å². The van der Waals surface area contributed by atoms with Gasteiger partial charge in [-0.25, -0.2) is 4.85 Å². The normalized spacial score (nSPS) is 11.6. The molecule has 0 aliphatic carbocycles. The van der Waals surface area contributed by atoms with Gasteiger partial charge in [0, 0.05) is 65.8 Å². The largest absolute Gasteiger partial charge is 0.311 e. The summed E-state index contributed by atoms with van der Waals surface area (Å²) in [7, 11) is -2.77. The van der Waals surface area contributed by atoms with Crippen LogP contribution >= 0.6 is 0 Å². The number of rotatable bonds is 14. The molecule has 0 amide bonds. The Bertz CT molecular complexity index is 7820. The van der Waals surface area contributed by atoms with Crippen molar-refractivity contribution < 1.29 is 0 Å². The first-order valence-electron chi connectivity index (χ1n) is 41.4. The van der Waals surface area contributed by atoms with Crippen LogP contribution in [0.1, 0.15) is 0 Å². The SMILES string of the molecule is [C-]#[N+]c1cccc(-n2c3ccccc3c3cc(-c4ccc5c(c4)c4ccccc4n5-c4ccc(-c5cccc(-c6ccccc6)c5)cc4)ccc32)c1.c1ccc(-c2cccc(-c3ccc(-n4c5ccccc5c5cc(-c6ccc7c(c6)c6ccc([Si](c8ccccc8)(c8ccccc8)c8ccccc8)cc6n7-c6ccccc6)ccc54)cc3)c2)cc1. The van der Waals surface area contributed by atoms with Gasteiger partial charge in [-0.1, -0.05) is 334 Å². The van der Waals surface area contributed by atoms with Crippen LogP contribution in [0.15, 0.2) is 467 Å². The van der Waals surface area contributed by atoms with Crippen molar-refractivity contribution in [1.29, 1.82) is 0 Å². The molecule has 0 atom stereocenters. The molecule has 0 saturated carbocycles. The summed E-state index contributed by atoms with van der Waals surface area (Å²) < 4.78 is 9.54. The monoisotopic (exact) mass is 1560 g/mol. The van der Waals surface area contributed by atoms with Crippen molar-refractivity contribution in [2.24, 2.45) is 0 Å². The maximum Gasteiger partial charge on any atom is 0.189 e. The zero-order valence-electron chi connectivity index (χ0n) is 66.2. The van der Waals surface area contributed by atoms with Crippen LogP contribution in [0, 0.1) is 6.57 Å². The molecule has 0 aliphatic rings. The number of hydrogen-bond acceptors (Lipinski definition) is 0. The van der Waals surface area contributed by atoms with Crippen LogP contribution in [-0.4, -0.2) is 26.3 Å². The Kier molecular flexibility index (Phi) is 17.9. The van der Waals surface area contributed by atoms with E-state index in [4.69, 9.17) is 6.57 Å². The molecule has 566 valence electrons. The van der Waals surface area contributed by atoms with E-state index in [9.17, 15) is 0 Å². The smallest absolute Gasteiger partial charge is 0.189 e. The van der Waals surface area contributed by atoms with Crippen LogP contribution in [0.3, 0.4) is 0 Å². The van der Waals surface area contributed by atoms with Crippen molar-refractivity contribution in [2.75, 3.05) is 0 Å². The maximum atomic E-state index is 7.56. The van der Waals surface area contributed by atoms with Gasteiger partial charge in [-0.3, -0.25) is 0 Å². The van der Waals surface area contributed by atoms with E-state index in [1.54, 1.807) is 0 Å². The Labute approximate surface area is 703 Å². The molecule has 4 heterocycles. The molecule has 121 heavy (non-hydrogen) atoms. The van der Waals surface area contributed by atoms with Gasteiger partial charge in [0.1, 0.15) is 0 Å². The predicted octanol–water partition coefficient (Wildman–Crippen LogP) is 27.7. The summed E-state index contributed by atoms with van der Waals surface area (Å²) in [4.78, 5) is 3.69. The molecule has 0 aliphatic heterocycles. The first-order chi connectivity index (χ1) is 59.9. The lowest BCUT2D eigenvalue weighted by atomic mass is 9.99. The minimum Gasteiger partial charge on any atom is -0.311 e. The predicted molar refractivity (Wildman–Crippen MR) is 513 cm³/mol. The fraction of sp³-hybridized carbons (Fsp3) is 0. The number of nitrogens with zero attached hydrogens (tertiary/aromatic N) is 5. The second-order valence-corrected chi connectivity index (χ2v) is 35.2. The zero-order chi connectivity index (χ0) is 80.3. The summed E-state index contributed by atoms with van der Waals surface area (Å²) in [5, 5.41) is 15.3. The van der Waals surface area contributed by atoms with Gasteiger partial charge in [0.2, 0.25) is 0 Å². The summed E-state index contributed by atoms with van der Waals surface area (Å²) in [6.07, 6.45) is 0. The van der Waals surface area contributed by atoms with E-state index < -0.39 is 8.07 Å². The number of aromatic nitrogens is 4. The standard InChI is InChI=1S/C66H46N2Si.C49H31N3/c1-6-19-47(20-7-1)49-21-18-22-50(43-49)48-33-37-54(38-34-48)67-63-32-17-16-31-59(63)61-44-51(35-41-64(61)67)52-36-42-65-62(45-52)60-40-39-58(46-66(60)68(65)53-23-8-2-9-24-53)69(55-25-10-3-11-26-55,56-27-12-4-13-28-56)57-29-14-5-15-30-57;1-50-39-15-10-16-41(32-39)52-47-20-8-6-18-43(47)45-31-38(24-28-49(45)52)37-23-27-48-44(30-37)42-17-5-7-19-46(42)51(48)40-25-21-34(22-26-40)36-14-9-13-35(29-36)33-11-3-2-4-12-33/h1-46H;2-32H. The molecule has 0 radical (unpaired) electrons. The van der Waals surface area contributed by atoms with Crippen LogP contribution in [0.5, 0.6) is 0 Å². The molecule has 6 heteroatoms. The zero-order valence-corrected chi connectivity index (χ0v) is 67.2. The minimum atomic E-state index is -2.77. The molecule has 0 saturated heterocycles. The molecule has 0 unspecified atom stereocenters. The van der Waals surface area contributed by atoms with Gasteiger partial charge in [-0.2, -0.15) is 0 Å². The maximum absolute atomic E-state index is 7.56. The molecule has 4 aromatic heterocycles. The van der Waals surface area contributed by atoms with E-state index in [0.29, 0.717) is 5.69 Å². The second kappa shape index (κ2) is 30.3. The molecule has 19 aromatic carbocycles. The Balaban J connectivity index is 0.000000151. The molecule has 0 spiro atoms. The molecular weight excluding hydrogens is 1480 g/mol. The van der Waals surface area contributed by atoms with E-state index >= 15 is 0 Å². The average molecular weight is 1560 g/mol. The lowest BCUT2D eigenvalue weighted by Crippen LogP contribution is -2.74. The first-order valence-corrected chi connectivity index (χ1v) is 43.4. The molecule has 23 aromatic rings. The highest BCUT2D eigenvalue weighted by Gasteiger charge is 2.42. The van der Waals surface area contributed by atoms with Crippen LogP contribution < -0.4 is 20.7 Å². The number of fused-ring (bicyclic) bond motifs is 12. The highest BCUT2D eigenvalue weighted by molar-refractivity contribution is 7.20. The fourth-order valence-corrected chi connectivity index (χ4v) is 23.7. The Hall–Kier alpha value is -15.9. The molecule has 23 rings (SSSR count). The third kappa shape index (κ3) is 12.5. The summed E-state index contributed by atoms with van der Waals surface area (Å²) >= 11 is 0. The van der Waals surface area contributed by atoms with Crippen molar-refractivity contribution >= 4 is 122 Å². The van der Waals surface area contributed by atoms with Crippen molar-refractivity contribution in [3.05, 3.63) is 479 Å². The highest BCUT2D eigenvalue weighted by Crippen LogP contribution is 2.43. The summed E-state index contributed by atoms with van der Waals surface area (Å²) in [6.45, 7) is 7.56. The number of benzene rings is 19. The minimum absolute atomic E-state index is 0.636. The molecule has 0 N–H and O–H groups in total. The summed E-state index contributed by atoms with van der Waals surface area (Å²) in [5.41, 5.74) is 28.9. The second-order valence-electron chi connectivity index (χ2n) is 31.4. The fourth-order valence-electron chi connectivity index (χ4n) is 19.0. The molecule has 5 nitrogen and oxygen atoms in total. The van der Waals surface area contributed by atoms with E-state index in [1.165, 1.54) is 164 Å². The quantitative estimate of drug-likeness (QED) is 0.0589. The Morgan fingerprint density at radius 1 is 0.157 bits per heavy atom. The van der Waals surface area contributed by atoms with Gasteiger partial charge in [0.05, 0.1) is 50.7 Å². The number of hydrogen-bond donors (Lipinski definition) is 0. The van der Waals surface area contributed by atoms with Gasteiger partial charge in [-0.15, -0.1) is 0 Å². The average Bonchev–Trinajstić information content (AvgIpc) is 1.70. The van der Waals surface area contributed by atoms with Gasteiger partial charge in [0.25, 0.3) is 0 Å². The lowest BCUT2D eigenvalue weighted by molar-refractivity contribution is 1.18. The van der Waals surface area contributed by atoms with E-state index in [1.807, 2.05) is 18.2 Å². The number of para-hydroxylation sites is 4. The van der Waals surface area contributed by atoms with Crippen LogP contribution in [-0.2, 0) is 0 Å². The Morgan fingerprint density at radius 3 is 0.802 bits per heavy atom. The summed E-state index contributed by atoms with van der Waals surface area (Å²) in [6, 6.07) is 170. The Morgan fingerprint density at radius 2 is 0.421 bits per heavy atom. The van der Waals surface area contributed by atoms with Crippen LogP contribution in [0.25, 0.3) is 182 Å². The van der Waals surface area contributed by atoms with Gasteiger partial charge >= 0.3 is 0 Å². The van der Waals surface area contributed by atoms with Crippen molar-refractivity contribution in [2.45, 2.75) is 0 Å². The third-order valence-electron chi connectivity index (χ3n) is 24.6. The highest BCUT2D eigenvalue weighted by atomic mass is 28.3. The van der Waals surface area contributed by atoms with Crippen molar-refractivity contribution in [3.8, 4) is 89.5 Å². The van der Waals surface area contributed by atoms with Gasteiger partial charge < -0.3 is 18.3 Å². The topological polar surface area (TPSA) is 24.1 Å². The molecule has 0 fully saturated rings. The third-order valence-corrected chi connectivity index (χ3v) is 29.4. The van der Waals surface area contributed by atoms with Gasteiger partial charge in [0.15, 0.2) is 13.8 Å².